The second-order valence-electron chi connectivity index (χ2n) is 4.30. The fourth-order valence-corrected chi connectivity index (χ4v) is 2.56. The smallest absolute Gasteiger partial charge is 0.338 e. The van der Waals surface area contributed by atoms with Gasteiger partial charge < -0.3 is 34.4 Å². The lowest BCUT2D eigenvalue weighted by atomic mass is 10.2. The molecule has 0 saturated heterocycles. The third-order valence-electron chi connectivity index (χ3n) is 3.42. The first-order valence-electron chi connectivity index (χ1n) is 6.51. The second-order valence-corrected chi connectivity index (χ2v) is 4.30. The van der Waals surface area contributed by atoms with E-state index in [1.54, 1.807) is 6.07 Å². The molecular formula is C14H21ClIN3O2. The van der Waals surface area contributed by atoms with Crippen molar-refractivity contribution in [3.8, 4) is 0 Å². The number of carbonyl (C=O) groups is 1. The number of esters is 1. The molecule has 0 saturated carbocycles. The summed E-state index contributed by atoms with van der Waals surface area (Å²) >= 11 is 0. The molecule has 0 aliphatic heterocycles. The zero-order valence-corrected chi connectivity index (χ0v) is 15.4. The molecule has 0 atom stereocenters. The molecule has 2 aromatic rings. The van der Waals surface area contributed by atoms with Gasteiger partial charge in [0.25, 0.3) is 5.82 Å². The minimum absolute atomic E-state index is 0. The van der Waals surface area contributed by atoms with Gasteiger partial charge in [-0.3, -0.25) is 0 Å². The average molecular weight is 426 g/mol. The number of ether oxygens (including phenoxy) is 1. The Balaban J connectivity index is 0.00000200. The fraction of sp³-hybridized carbons (Fsp3) is 0.429. The van der Waals surface area contributed by atoms with Gasteiger partial charge in [0.15, 0.2) is 11.0 Å². The molecule has 0 bridgehead atoms. The van der Waals surface area contributed by atoms with Gasteiger partial charge in [0.05, 0.1) is 32.3 Å². The molecule has 21 heavy (non-hydrogen) atoms. The van der Waals surface area contributed by atoms with Gasteiger partial charge in [-0.25, -0.2) is 13.9 Å². The summed E-state index contributed by atoms with van der Waals surface area (Å²) in [5, 5.41) is 0. The monoisotopic (exact) mass is 425 g/mol. The van der Waals surface area contributed by atoms with E-state index in [-0.39, 0.29) is 42.4 Å². The molecule has 0 aliphatic rings. The fourth-order valence-electron chi connectivity index (χ4n) is 2.56. The predicted octanol–water partition coefficient (Wildman–Crippen LogP) is -1.36. The van der Waals surface area contributed by atoms with Gasteiger partial charge in [0, 0.05) is 6.07 Å². The van der Waals surface area contributed by atoms with E-state index in [1.807, 2.05) is 12.1 Å². The molecule has 0 fully saturated rings. The molecule has 2 rings (SSSR count). The van der Waals surface area contributed by atoms with Gasteiger partial charge in [-0.2, -0.15) is 0 Å². The summed E-state index contributed by atoms with van der Waals surface area (Å²) < 4.78 is 9.09. The number of hydrogen-bond donors (Lipinski definition) is 1. The highest BCUT2D eigenvalue weighted by atomic mass is 127. The van der Waals surface area contributed by atoms with Crippen molar-refractivity contribution in [2.45, 2.75) is 33.5 Å². The van der Waals surface area contributed by atoms with Crippen molar-refractivity contribution in [1.29, 1.82) is 0 Å². The molecule has 1 heterocycles. The third-order valence-corrected chi connectivity index (χ3v) is 3.42. The van der Waals surface area contributed by atoms with Crippen LogP contribution in [0.3, 0.4) is 0 Å². The highest BCUT2D eigenvalue weighted by Crippen LogP contribution is 2.17. The lowest BCUT2D eigenvalue weighted by molar-refractivity contribution is -0.676. The molecule has 0 amide bonds. The summed E-state index contributed by atoms with van der Waals surface area (Å²) in [4.78, 5) is 11.6. The molecule has 0 aliphatic carbocycles. The Hall–Kier alpha value is -0.860. The summed E-state index contributed by atoms with van der Waals surface area (Å²) in [5.41, 5.74) is 8.54. The van der Waals surface area contributed by atoms with Crippen LogP contribution < -0.4 is 34.3 Å². The highest BCUT2D eigenvalue weighted by Gasteiger charge is 2.23. The lowest BCUT2D eigenvalue weighted by Crippen LogP contribution is -3.00. The first kappa shape index (κ1) is 20.1. The van der Waals surface area contributed by atoms with Crippen LogP contribution in [0.2, 0.25) is 0 Å². The van der Waals surface area contributed by atoms with E-state index in [2.05, 4.69) is 23.0 Å². The summed E-state index contributed by atoms with van der Waals surface area (Å²) in [7, 11) is 1.39. The van der Waals surface area contributed by atoms with Crippen molar-refractivity contribution in [2.75, 3.05) is 7.11 Å². The van der Waals surface area contributed by atoms with Crippen LogP contribution in [0.15, 0.2) is 18.2 Å². The summed E-state index contributed by atoms with van der Waals surface area (Å²) in [6.07, 6.45) is 0. The van der Waals surface area contributed by atoms with Crippen molar-refractivity contribution >= 4 is 29.4 Å². The van der Waals surface area contributed by atoms with Crippen LogP contribution in [-0.2, 0) is 24.4 Å². The number of nitrogens with two attached hydrogens (primary N) is 1. The number of aryl methyl sites for hydroxylation is 2. The average Bonchev–Trinajstić information content (AvgIpc) is 2.77. The minimum atomic E-state index is -0.317. The Morgan fingerprint density at radius 1 is 1.38 bits per heavy atom. The normalized spacial score (nSPS) is 9.90. The molecule has 7 heteroatoms. The van der Waals surface area contributed by atoms with Gasteiger partial charge in [-0.1, -0.05) is 0 Å². The van der Waals surface area contributed by atoms with Gasteiger partial charge >= 0.3 is 5.97 Å². The van der Waals surface area contributed by atoms with E-state index < -0.39 is 0 Å². The second kappa shape index (κ2) is 8.55. The van der Waals surface area contributed by atoms with Gasteiger partial charge in [0.1, 0.15) is 0 Å². The number of halogens is 2. The van der Waals surface area contributed by atoms with Crippen LogP contribution in [0, 0.1) is 0 Å². The molecule has 5 nitrogen and oxygen atoms in total. The maximum absolute atomic E-state index is 11.6. The third kappa shape index (κ3) is 3.49. The minimum Gasteiger partial charge on any atom is -1.00 e. The van der Waals surface area contributed by atoms with Crippen molar-refractivity contribution in [1.82, 2.24) is 4.57 Å². The van der Waals surface area contributed by atoms with E-state index in [1.165, 1.54) is 7.11 Å². The molecule has 1 aromatic carbocycles. The van der Waals surface area contributed by atoms with Crippen LogP contribution >= 0.6 is 12.4 Å². The van der Waals surface area contributed by atoms with Crippen molar-refractivity contribution in [3.05, 3.63) is 29.6 Å². The topological polar surface area (TPSA) is 61.1 Å². The number of rotatable bonds is 4. The zero-order valence-electron chi connectivity index (χ0n) is 12.4. The molecule has 118 valence electrons. The Bertz CT molecular complexity index is 628. The lowest BCUT2D eigenvalue weighted by Gasteiger charge is -1.99. The molecular weight excluding hydrogens is 405 g/mol. The van der Waals surface area contributed by atoms with Crippen molar-refractivity contribution in [3.63, 3.8) is 0 Å². The Labute approximate surface area is 147 Å². The Morgan fingerprint density at radius 3 is 2.52 bits per heavy atom. The van der Waals surface area contributed by atoms with E-state index in [4.69, 9.17) is 10.5 Å². The van der Waals surface area contributed by atoms with Gasteiger partial charge in [0.2, 0.25) is 0 Å². The molecule has 1 aromatic heterocycles. The maximum Gasteiger partial charge on any atom is 0.338 e. The van der Waals surface area contributed by atoms with Crippen LogP contribution in [0.5, 0.6) is 0 Å². The molecule has 0 unspecified atom stereocenters. The zero-order chi connectivity index (χ0) is 14.0. The van der Waals surface area contributed by atoms with Crippen LogP contribution in [-0.4, -0.2) is 17.6 Å². The standard InChI is InChI=1S/C14H20N3O2.ClH.HI/c1-4-16-11-7-6-10(14(18)19-3)8-12(11)17(5-2)13(16)9-15;;/h6-8H,4-5,9,15H2,1-3H3;2*1H/q+1;;/p-1. The molecule has 2 N–H and O–H groups in total. The highest BCUT2D eigenvalue weighted by molar-refractivity contribution is 5.93. The summed E-state index contributed by atoms with van der Waals surface area (Å²) in [5.74, 6) is 0.755. The molecule has 0 spiro atoms. The number of imidazole rings is 1. The van der Waals surface area contributed by atoms with Crippen molar-refractivity contribution in [2.24, 2.45) is 5.73 Å². The largest absolute Gasteiger partial charge is 1.00 e. The van der Waals surface area contributed by atoms with Crippen molar-refractivity contribution < 1.29 is 38.1 Å². The number of hydrogen-bond acceptors (Lipinski definition) is 3. The quantitative estimate of drug-likeness (QED) is 0.374. The summed E-state index contributed by atoms with van der Waals surface area (Å²) in [6.45, 7) is 6.31. The van der Waals surface area contributed by atoms with E-state index in [0.29, 0.717) is 12.1 Å². The van der Waals surface area contributed by atoms with Crippen LogP contribution in [0.4, 0.5) is 0 Å². The number of aromatic nitrogens is 2. The number of benzene rings is 1. The molecule has 0 radical (unpaired) electrons. The Kier molecular flexibility index (Phi) is 8.20. The Morgan fingerprint density at radius 2 is 2.05 bits per heavy atom. The predicted molar refractivity (Wildman–Crippen MR) is 80.0 cm³/mol. The first-order valence-corrected chi connectivity index (χ1v) is 6.51. The maximum atomic E-state index is 11.6. The number of methoxy groups -OCH3 is 1. The van der Waals surface area contributed by atoms with E-state index >= 15 is 0 Å². The summed E-state index contributed by atoms with van der Waals surface area (Å²) in [6, 6.07) is 5.62. The number of fused-ring (bicyclic) bond motifs is 1. The van der Waals surface area contributed by atoms with Crippen LogP contribution in [0.1, 0.15) is 30.0 Å². The SMILES string of the molecule is CCn1c(CN)[n+](CC)c2ccc(C(=O)OC)cc21.Cl.[I-]. The van der Waals surface area contributed by atoms with E-state index in [0.717, 1.165) is 29.9 Å². The van der Waals surface area contributed by atoms with E-state index in [9.17, 15) is 4.79 Å². The number of nitrogens with zero attached hydrogens (tertiary/aromatic N) is 2. The first-order chi connectivity index (χ1) is 9.17. The van der Waals surface area contributed by atoms with Crippen LogP contribution in [0.25, 0.3) is 11.0 Å². The number of carbonyl (C=O) groups excluding carboxylic acids is 1. The van der Waals surface area contributed by atoms with Gasteiger partial charge in [-0.15, -0.1) is 12.4 Å². The van der Waals surface area contributed by atoms with Gasteiger partial charge in [-0.05, 0) is 26.0 Å².